The predicted molar refractivity (Wildman–Crippen MR) is 99.7 cm³/mol. The van der Waals surface area contributed by atoms with Crippen molar-refractivity contribution in [3.63, 3.8) is 0 Å². The zero-order valence-electron chi connectivity index (χ0n) is 15.5. The minimum atomic E-state index is -0.00443. The summed E-state index contributed by atoms with van der Waals surface area (Å²) in [5.41, 5.74) is 0. The fourth-order valence-electron chi connectivity index (χ4n) is 2.91. The van der Waals surface area contributed by atoms with Gasteiger partial charge >= 0.3 is 0 Å². The Morgan fingerprint density at radius 1 is 1.35 bits per heavy atom. The molecule has 0 amide bonds. The second-order valence-electron chi connectivity index (χ2n) is 6.30. The highest BCUT2D eigenvalue weighted by Gasteiger charge is 2.20. The number of benzene rings is 1. The molecule has 1 aliphatic rings. The molecule has 2 N–H and O–H groups in total. The Hall–Kier alpha value is -2.77. The van der Waals surface area contributed by atoms with Gasteiger partial charge in [-0.3, -0.25) is 4.99 Å². The molecule has 2 aromatic rings. The molecule has 140 valence electrons. The molecule has 0 saturated carbocycles. The molecule has 0 saturated heterocycles. The van der Waals surface area contributed by atoms with Gasteiger partial charge in [-0.15, -0.1) is 0 Å². The second-order valence-corrected chi connectivity index (χ2v) is 6.30. The van der Waals surface area contributed by atoms with Crippen molar-refractivity contribution >= 4 is 5.96 Å². The van der Waals surface area contributed by atoms with Gasteiger partial charge in [0.25, 0.3) is 0 Å². The van der Waals surface area contributed by atoms with Gasteiger partial charge in [-0.05, 0) is 37.6 Å². The summed E-state index contributed by atoms with van der Waals surface area (Å²) in [4.78, 5) is 8.56. The van der Waals surface area contributed by atoms with Gasteiger partial charge in [0, 0.05) is 19.5 Å². The van der Waals surface area contributed by atoms with Crippen LogP contribution in [0.25, 0.3) is 0 Å². The monoisotopic (exact) mass is 358 g/mol. The first kappa shape index (κ1) is 18.0. The standard InChI is InChI=1S/C18H26N6O2/c1-13(26-16-7-5-15(25-3)6-8-16)10-20-18(19-2)23-14-4-9-17-21-12-22-24(17)11-14/h5-8,12-14H,4,9-11H2,1-3H3,(H2,19,20,23). The number of aryl methyl sites for hydroxylation is 1. The quantitative estimate of drug-likeness (QED) is 0.597. The minimum Gasteiger partial charge on any atom is -0.497 e. The van der Waals surface area contributed by atoms with E-state index in [4.69, 9.17) is 9.47 Å². The molecule has 1 aromatic carbocycles. The van der Waals surface area contributed by atoms with Crippen LogP contribution in [0.15, 0.2) is 35.6 Å². The largest absolute Gasteiger partial charge is 0.497 e. The topological polar surface area (TPSA) is 85.6 Å². The molecule has 2 unspecified atom stereocenters. The number of aliphatic imine (C=N–C) groups is 1. The Morgan fingerprint density at radius 2 is 2.12 bits per heavy atom. The van der Waals surface area contributed by atoms with Crippen molar-refractivity contribution in [3.05, 3.63) is 36.4 Å². The summed E-state index contributed by atoms with van der Waals surface area (Å²) in [6, 6.07) is 7.86. The van der Waals surface area contributed by atoms with E-state index in [-0.39, 0.29) is 12.1 Å². The Bertz CT molecular complexity index is 728. The van der Waals surface area contributed by atoms with Crippen molar-refractivity contribution < 1.29 is 9.47 Å². The number of ether oxygens (including phenoxy) is 2. The summed E-state index contributed by atoms with van der Waals surface area (Å²) in [6.07, 6.45) is 3.54. The van der Waals surface area contributed by atoms with E-state index in [9.17, 15) is 0 Å². The molecule has 0 aliphatic carbocycles. The van der Waals surface area contributed by atoms with E-state index in [1.54, 1.807) is 20.5 Å². The zero-order chi connectivity index (χ0) is 18.4. The summed E-state index contributed by atoms with van der Waals surface area (Å²) in [6.45, 7) is 3.47. The summed E-state index contributed by atoms with van der Waals surface area (Å²) < 4.78 is 13.0. The number of aromatic nitrogens is 3. The van der Waals surface area contributed by atoms with Gasteiger partial charge < -0.3 is 20.1 Å². The summed E-state index contributed by atoms with van der Waals surface area (Å²) in [5, 5.41) is 11.0. The average molecular weight is 358 g/mol. The SMILES string of the molecule is CN=C(NCC(C)Oc1ccc(OC)cc1)NC1CCc2ncnn2C1. The van der Waals surface area contributed by atoms with Crippen LogP contribution >= 0.6 is 0 Å². The summed E-state index contributed by atoms with van der Waals surface area (Å²) in [7, 11) is 3.42. The third-order valence-electron chi connectivity index (χ3n) is 4.32. The molecule has 26 heavy (non-hydrogen) atoms. The van der Waals surface area contributed by atoms with E-state index in [0.717, 1.165) is 42.7 Å². The molecule has 0 spiro atoms. The van der Waals surface area contributed by atoms with Crippen LogP contribution in [0, 0.1) is 0 Å². The van der Waals surface area contributed by atoms with Crippen LogP contribution in [0.4, 0.5) is 0 Å². The fraction of sp³-hybridized carbons (Fsp3) is 0.500. The van der Waals surface area contributed by atoms with Crippen molar-refractivity contribution in [2.75, 3.05) is 20.7 Å². The Balaban J connectivity index is 1.44. The number of methoxy groups -OCH3 is 1. The van der Waals surface area contributed by atoms with Crippen LogP contribution in [0.2, 0.25) is 0 Å². The van der Waals surface area contributed by atoms with Gasteiger partial charge in [0.05, 0.1) is 20.2 Å². The molecule has 1 aliphatic heterocycles. The number of guanidine groups is 1. The maximum atomic E-state index is 5.91. The lowest BCUT2D eigenvalue weighted by atomic mass is 10.1. The maximum absolute atomic E-state index is 5.91. The second kappa shape index (κ2) is 8.55. The van der Waals surface area contributed by atoms with Crippen LogP contribution < -0.4 is 20.1 Å². The third kappa shape index (κ3) is 4.65. The van der Waals surface area contributed by atoms with E-state index in [0.29, 0.717) is 6.54 Å². The minimum absolute atomic E-state index is 0.00443. The fourth-order valence-corrected chi connectivity index (χ4v) is 2.91. The van der Waals surface area contributed by atoms with Crippen molar-refractivity contribution in [2.45, 2.75) is 38.5 Å². The molecule has 8 heteroatoms. The number of rotatable bonds is 6. The first-order valence-corrected chi connectivity index (χ1v) is 8.82. The Labute approximate surface area is 153 Å². The molecule has 0 bridgehead atoms. The lowest BCUT2D eigenvalue weighted by Gasteiger charge is -2.26. The number of fused-ring (bicyclic) bond motifs is 1. The van der Waals surface area contributed by atoms with Gasteiger partial charge in [-0.1, -0.05) is 0 Å². The molecule has 3 rings (SSSR count). The van der Waals surface area contributed by atoms with Gasteiger partial charge in [0.15, 0.2) is 5.96 Å². The molecule has 0 radical (unpaired) electrons. The number of hydrogen-bond donors (Lipinski definition) is 2. The van der Waals surface area contributed by atoms with Crippen LogP contribution in [-0.2, 0) is 13.0 Å². The highest BCUT2D eigenvalue weighted by atomic mass is 16.5. The van der Waals surface area contributed by atoms with E-state index in [1.807, 2.05) is 35.9 Å². The Morgan fingerprint density at radius 3 is 2.85 bits per heavy atom. The third-order valence-corrected chi connectivity index (χ3v) is 4.32. The lowest BCUT2D eigenvalue weighted by Crippen LogP contribution is -2.48. The van der Waals surface area contributed by atoms with E-state index in [2.05, 4.69) is 25.7 Å². The van der Waals surface area contributed by atoms with Crippen molar-refractivity contribution in [1.29, 1.82) is 0 Å². The van der Waals surface area contributed by atoms with Crippen molar-refractivity contribution in [3.8, 4) is 11.5 Å². The smallest absolute Gasteiger partial charge is 0.191 e. The molecule has 2 atom stereocenters. The molecule has 1 aromatic heterocycles. The van der Waals surface area contributed by atoms with Crippen molar-refractivity contribution in [2.24, 2.45) is 4.99 Å². The van der Waals surface area contributed by atoms with Gasteiger partial charge in [0.1, 0.15) is 29.8 Å². The summed E-state index contributed by atoms with van der Waals surface area (Å²) >= 11 is 0. The van der Waals surface area contributed by atoms with Gasteiger partial charge in [-0.2, -0.15) is 5.10 Å². The maximum Gasteiger partial charge on any atom is 0.191 e. The van der Waals surface area contributed by atoms with Gasteiger partial charge in [0.2, 0.25) is 0 Å². The number of nitrogens with one attached hydrogen (secondary N) is 2. The molecular weight excluding hydrogens is 332 g/mol. The van der Waals surface area contributed by atoms with Crippen LogP contribution in [0.1, 0.15) is 19.2 Å². The normalized spacial score (nSPS) is 18.0. The molecule has 8 nitrogen and oxygen atoms in total. The first-order chi connectivity index (χ1) is 12.7. The average Bonchev–Trinajstić information content (AvgIpc) is 3.13. The molecular formula is C18H26N6O2. The summed E-state index contributed by atoms with van der Waals surface area (Å²) in [5.74, 6) is 3.45. The highest BCUT2D eigenvalue weighted by molar-refractivity contribution is 5.80. The first-order valence-electron chi connectivity index (χ1n) is 8.82. The van der Waals surface area contributed by atoms with E-state index < -0.39 is 0 Å². The molecule has 0 fully saturated rings. The predicted octanol–water partition coefficient (Wildman–Crippen LogP) is 1.23. The van der Waals surface area contributed by atoms with E-state index in [1.165, 1.54) is 0 Å². The van der Waals surface area contributed by atoms with Crippen LogP contribution in [0.5, 0.6) is 11.5 Å². The lowest BCUT2D eigenvalue weighted by molar-refractivity contribution is 0.223. The Kier molecular flexibility index (Phi) is 5.93. The highest BCUT2D eigenvalue weighted by Crippen LogP contribution is 2.18. The zero-order valence-corrected chi connectivity index (χ0v) is 15.5. The van der Waals surface area contributed by atoms with E-state index >= 15 is 0 Å². The molecule has 2 heterocycles. The van der Waals surface area contributed by atoms with Gasteiger partial charge in [-0.25, -0.2) is 9.67 Å². The van der Waals surface area contributed by atoms with Crippen LogP contribution in [-0.4, -0.2) is 53.6 Å². The van der Waals surface area contributed by atoms with Crippen LogP contribution in [0.3, 0.4) is 0 Å². The number of nitrogens with zero attached hydrogens (tertiary/aromatic N) is 4. The number of hydrogen-bond acceptors (Lipinski definition) is 5. The van der Waals surface area contributed by atoms with Crippen molar-refractivity contribution in [1.82, 2.24) is 25.4 Å².